The van der Waals surface area contributed by atoms with Crippen molar-refractivity contribution in [2.24, 2.45) is 0 Å². The Kier molecular flexibility index (Phi) is 4.84. The molecule has 1 aliphatic carbocycles. The lowest BCUT2D eigenvalue weighted by atomic mass is 10.1. The van der Waals surface area contributed by atoms with Crippen LogP contribution in [0.2, 0.25) is 0 Å². The van der Waals surface area contributed by atoms with Crippen LogP contribution in [0.25, 0.3) is 0 Å². The summed E-state index contributed by atoms with van der Waals surface area (Å²) in [6.07, 6.45) is 2.60. The molecule has 1 aromatic rings. The van der Waals surface area contributed by atoms with E-state index in [2.05, 4.69) is 17.1 Å². The van der Waals surface area contributed by atoms with Crippen molar-refractivity contribution in [2.45, 2.75) is 25.8 Å². The average molecular weight is 277 g/mol. The van der Waals surface area contributed by atoms with E-state index in [-0.39, 0.29) is 5.97 Å². The number of rotatable bonds is 7. The molecule has 0 aromatic heterocycles. The topological polar surface area (TPSA) is 67.6 Å². The van der Waals surface area contributed by atoms with Gasteiger partial charge in [0.25, 0.3) is 0 Å². The molecule has 5 heteroatoms. The number of methoxy groups -OCH3 is 1. The summed E-state index contributed by atoms with van der Waals surface area (Å²) in [6.45, 7) is 4.95. The van der Waals surface area contributed by atoms with Gasteiger partial charge >= 0.3 is 5.97 Å². The van der Waals surface area contributed by atoms with Crippen LogP contribution in [-0.2, 0) is 4.74 Å². The first-order valence-corrected chi connectivity index (χ1v) is 7.12. The van der Waals surface area contributed by atoms with Crippen molar-refractivity contribution in [1.82, 2.24) is 4.90 Å². The Bertz CT molecular complexity index is 472. The van der Waals surface area contributed by atoms with Gasteiger partial charge in [0, 0.05) is 19.1 Å². The predicted octanol–water partition coefficient (Wildman–Crippen LogP) is 1.95. The largest absolute Gasteiger partial charge is 0.465 e. The third-order valence-corrected chi connectivity index (χ3v) is 3.67. The van der Waals surface area contributed by atoms with E-state index in [4.69, 9.17) is 10.5 Å². The van der Waals surface area contributed by atoms with E-state index in [1.54, 1.807) is 18.2 Å². The van der Waals surface area contributed by atoms with Crippen LogP contribution in [0.3, 0.4) is 0 Å². The molecule has 20 heavy (non-hydrogen) atoms. The Balaban J connectivity index is 1.99. The van der Waals surface area contributed by atoms with Gasteiger partial charge in [0.15, 0.2) is 0 Å². The second-order valence-corrected chi connectivity index (χ2v) is 5.05. The van der Waals surface area contributed by atoms with Gasteiger partial charge in [-0.1, -0.05) is 13.0 Å². The molecule has 3 N–H and O–H groups in total. The number of anilines is 2. The quantitative estimate of drug-likeness (QED) is 0.589. The van der Waals surface area contributed by atoms with Crippen LogP contribution in [0.15, 0.2) is 18.2 Å². The summed E-state index contributed by atoms with van der Waals surface area (Å²) in [5.74, 6) is -0.366. The predicted molar refractivity (Wildman–Crippen MR) is 81.0 cm³/mol. The molecule has 0 unspecified atom stereocenters. The highest BCUT2D eigenvalue weighted by molar-refractivity contribution is 5.98. The van der Waals surface area contributed by atoms with Gasteiger partial charge in [0.2, 0.25) is 0 Å². The molecular formula is C15H23N3O2. The molecular weight excluding hydrogens is 254 g/mol. The maximum atomic E-state index is 11.7. The Morgan fingerprint density at radius 2 is 2.25 bits per heavy atom. The van der Waals surface area contributed by atoms with Crippen LogP contribution < -0.4 is 11.1 Å². The number of carbonyl (C=O) groups is 1. The fraction of sp³-hybridized carbons (Fsp3) is 0.533. The van der Waals surface area contributed by atoms with Gasteiger partial charge in [-0.05, 0) is 31.5 Å². The minimum atomic E-state index is -0.366. The SMILES string of the molecule is CCN(CCNc1c(N)cccc1C(=O)OC)C1CC1. The number of ether oxygens (including phenoxy) is 1. The number of carbonyl (C=O) groups excluding carboxylic acids is 1. The van der Waals surface area contributed by atoms with E-state index in [0.29, 0.717) is 16.9 Å². The molecule has 1 saturated carbocycles. The molecule has 2 rings (SSSR count). The van der Waals surface area contributed by atoms with Crippen molar-refractivity contribution >= 4 is 17.3 Å². The van der Waals surface area contributed by atoms with E-state index < -0.39 is 0 Å². The zero-order valence-corrected chi connectivity index (χ0v) is 12.2. The number of para-hydroxylation sites is 1. The molecule has 0 aliphatic heterocycles. The molecule has 1 aromatic carbocycles. The summed E-state index contributed by atoms with van der Waals surface area (Å²) in [4.78, 5) is 14.2. The highest BCUT2D eigenvalue weighted by Crippen LogP contribution is 2.27. The zero-order chi connectivity index (χ0) is 14.5. The van der Waals surface area contributed by atoms with Crippen LogP contribution in [0, 0.1) is 0 Å². The summed E-state index contributed by atoms with van der Waals surface area (Å²) in [7, 11) is 1.38. The second kappa shape index (κ2) is 6.61. The number of benzene rings is 1. The van der Waals surface area contributed by atoms with Gasteiger partial charge in [-0.2, -0.15) is 0 Å². The molecule has 5 nitrogen and oxygen atoms in total. The van der Waals surface area contributed by atoms with Crippen LogP contribution >= 0.6 is 0 Å². The lowest BCUT2D eigenvalue weighted by Crippen LogP contribution is -2.31. The average Bonchev–Trinajstić information content (AvgIpc) is 3.28. The molecule has 110 valence electrons. The molecule has 0 bridgehead atoms. The summed E-state index contributed by atoms with van der Waals surface area (Å²) < 4.78 is 4.78. The van der Waals surface area contributed by atoms with Crippen LogP contribution in [-0.4, -0.2) is 43.7 Å². The Hall–Kier alpha value is -1.75. The fourth-order valence-corrected chi connectivity index (χ4v) is 2.41. The highest BCUT2D eigenvalue weighted by Gasteiger charge is 2.27. The molecule has 0 spiro atoms. The van der Waals surface area contributed by atoms with Crippen molar-refractivity contribution in [1.29, 1.82) is 0 Å². The Morgan fingerprint density at radius 1 is 1.50 bits per heavy atom. The van der Waals surface area contributed by atoms with E-state index in [1.165, 1.54) is 20.0 Å². The first kappa shape index (κ1) is 14.7. The monoisotopic (exact) mass is 277 g/mol. The number of hydrogen-bond donors (Lipinski definition) is 2. The standard InChI is InChI=1S/C15H23N3O2/c1-3-18(11-7-8-11)10-9-17-14-12(15(19)20-2)5-4-6-13(14)16/h4-6,11,17H,3,7-10,16H2,1-2H3. The number of nitrogens with one attached hydrogen (secondary N) is 1. The maximum Gasteiger partial charge on any atom is 0.340 e. The first-order chi connectivity index (χ1) is 9.67. The van der Waals surface area contributed by atoms with Crippen LogP contribution in [0.4, 0.5) is 11.4 Å². The van der Waals surface area contributed by atoms with Crippen molar-refractivity contribution in [3.8, 4) is 0 Å². The molecule has 0 heterocycles. The summed E-state index contributed by atoms with van der Waals surface area (Å²) >= 11 is 0. The Morgan fingerprint density at radius 3 is 2.85 bits per heavy atom. The lowest BCUT2D eigenvalue weighted by Gasteiger charge is -2.21. The number of nitrogen functional groups attached to an aromatic ring is 1. The first-order valence-electron chi connectivity index (χ1n) is 7.12. The van der Waals surface area contributed by atoms with E-state index in [1.807, 2.05) is 0 Å². The van der Waals surface area contributed by atoms with Crippen molar-refractivity contribution in [3.05, 3.63) is 23.8 Å². The fourth-order valence-electron chi connectivity index (χ4n) is 2.41. The normalized spacial score (nSPS) is 14.3. The molecule has 0 atom stereocenters. The van der Waals surface area contributed by atoms with E-state index >= 15 is 0 Å². The summed E-state index contributed by atoms with van der Waals surface area (Å²) in [6, 6.07) is 6.01. The second-order valence-electron chi connectivity index (χ2n) is 5.05. The van der Waals surface area contributed by atoms with Gasteiger partial charge in [-0.15, -0.1) is 0 Å². The minimum absolute atomic E-state index is 0.366. The van der Waals surface area contributed by atoms with E-state index in [0.717, 1.165) is 25.7 Å². The lowest BCUT2D eigenvalue weighted by molar-refractivity contribution is 0.0602. The maximum absolute atomic E-state index is 11.7. The number of hydrogen-bond acceptors (Lipinski definition) is 5. The highest BCUT2D eigenvalue weighted by atomic mass is 16.5. The van der Waals surface area contributed by atoms with Crippen LogP contribution in [0.1, 0.15) is 30.1 Å². The number of nitrogens with zero attached hydrogens (tertiary/aromatic N) is 1. The summed E-state index contributed by atoms with van der Waals surface area (Å²) in [5, 5.41) is 3.28. The van der Waals surface area contributed by atoms with Gasteiger partial charge in [-0.25, -0.2) is 4.79 Å². The van der Waals surface area contributed by atoms with Crippen molar-refractivity contribution in [3.63, 3.8) is 0 Å². The minimum Gasteiger partial charge on any atom is -0.465 e. The molecule has 1 aliphatic rings. The Labute approximate surface area is 120 Å². The van der Waals surface area contributed by atoms with Crippen molar-refractivity contribution in [2.75, 3.05) is 37.8 Å². The third kappa shape index (κ3) is 3.42. The molecule has 1 fully saturated rings. The third-order valence-electron chi connectivity index (χ3n) is 3.67. The van der Waals surface area contributed by atoms with Crippen molar-refractivity contribution < 1.29 is 9.53 Å². The number of esters is 1. The zero-order valence-electron chi connectivity index (χ0n) is 12.2. The van der Waals surface area contributed by atoms with Gasteiger partial charge < -0.3 is 15.8 Å². The van der Waals surface area contributed by atoms with Crippen LogP contribution in [0.5, 0.6) is 0 Å². The van der Waals surface area contributed by atoms with Gasteiger partial charge in [-0.3, -0.25) is 4.90 Å². The van der Waals surface area contributed by atoms with Gasteiger partial charge in [0.1, 0.15) is 0 Å². The molecule has 0 radical (unpaired) electrons. The van der Waals surface area contributed by atoms with E-state index in [9.17, 15) is 4.79 Å². The number of nitrogens with two attached hydrogens (primary N) is 1. The molecule has 0 saturated heterocycles. The smallest absolute Gasteiger partial charge is 0.340 e. The summed E-state index contributed by atoms with van der Waals surface area (Å²) in [5.41, 5.74) is 7.68. The number of likely N-dealkylation sites (N-methyl/N-ethyl adjacent to an activating group) is 1. The molecule has 0 amide bonds. The van der Waals surface area contributed by atoms with Gasteiger partial charge in [0.05, 0.1) is 24.0 Å².